The van der Waals surface area contributed by atoms with E-state index in [-0.39, 0.29) is 11.9 Å². The van der Waals surface area contributed by atoms with Crippen molar-refractivity contribution >= 4 is 11.6 Å². The van der Waals surface area contributed by atoms with E-state index in [0.717, 1.165) is 32.7 Å². The minimum absolute atomic E-state index is 0.0217. The van der Waals surface area contributed by atoms with Crippen molar-refractivity contribution in [3.63, 3.8) is 0 Å². The van der Waals surface area contributed by atoms with Crippen molar-refractivity contribution in [1.82, 2.24) is 10.2 Å². The first kappa shape index (κ1) is 17.3. The summed E-state index contributed by atoms with van der Waals surface area (Å²) in [5.74, 6) is 0.901. The molecular weight excluding hydrogens is 298 g/mol. The van der Waals surface area contributed by atoms with Crippen LogP contribution < -0.4 is 10.2 Å². The van der Waals surface area contributed by atoms with Crippen molar-refractivity contribution in [2.75, 3.05) is 37.6 Å². The van der Waals surface area contributed by atoms with Crippen LogP contribution in [0.15, 0.2) is 30.3 Å². The van der Waals surface area contributed by atoms with Crippen molar-refractivity contribution in [3.8, 4) is 0 Å². The Morgan fingerprint density at radius 2 is 1.75 bits per heavy atom. The zero-order valence-corrected chi connectivity index (χ0v) is 14.9. The van der Waals surface area contributed by atoms with E-state index in [1.165, 1.54) is 37.8 Å². The van der Waals surface area contributed by atoms with Gasteiger partial charge in [0, 0.05) is 38.4 Å². The molecule has 1 aliphatic carbocycles. The van der Waals surface area contributed by atoms with Crippen LogP contribution in [0.2, 0.25) is 0 Å². The normalized spacial score (nSPS) is 21.5. The molecule has 2 aliphatic rings. The van der Waals surface area contributed by atoms with Crippen molar-refractivity contribution in [2.24, 2.45) is 5.92 Å². The van der Waals surface area contributed by atoms with Gasteiger partial charge in [0.2, 0.25) is 5.91 Å². The summed E-state index contributed by atoms with van der Waals surface area (Å²) in [4.78, 5) is 17.2. The lowest BCUT2D eigenvalue weighted by atomic mass is 9.89. The van der Waals surface area contributed by atoms with E-state index in [1.807, 2.05) is 6.92 Å². The van der Waals surface area contributed by atoms with E-state index in [2.05, 4.69) is 45.4 Å². The number of piperazine rings is 1. The molecule has 1 atom stereocenters. The average Bonchev–Trinajstić information content (AvgIpc) is 2.67. The van der Waals surface area contributed by atoms with Crippen LogP contribution in [0.5, 0.6) is 0 Å². The third kappa shape index (κ3) is 4.50. The van der Waals surface area contributed by atoms with Gasteiger partial charge in [-0.05, 0) is 37.8 Å². The van der Waals surface area contributed by atoms with E-state index < -0.39 is 0 Å². The highest BCUT2D eigenvalue weighted by Gasteiger charge is 2.26. The summed E-state index contributed by atoms with van der Waals surface area (Å²) in [5.41, 5.74) is 1.28. The summed E-state index contributed by atoms with van der Waals surface area (Å²) in [6.45, 7) is 6.80. The Kier molecular flexibility index (Phi) is 6.13. The molecule has 1 unspecified atom stereocenters. The van der Waals surface area contributed by atoms with Crippen molar-refractivity contribution < 1.29 is 4.79 Å². The minimum atomic E-state index is -0.0217. The number of para-hydroxylation sites is 1. The van der Waals surface area contributed by atoms with Gasteiger partial charge in [-0.2, -0.15) is 0 Å². The fourth-order valence-corrected chi connectivity index (χ4v) is 3.96. The number of anilines is 1. The van der Waals surface area contributed by atoms with Gasteiger partial charge < -0.3 is 10.2 Å². The third-order valence-electron chi connectivity index (χ3n) is 5.65. The highest BCUT2D eigenvalue weighted by atomic mass is 16.2. The quantitative estimate of drug-likeness (QED) is 0.902. The lowest BCUT2D eigenvalue weighted by molar-refractivity contribution is -0.126. The van der Waals surface area contributed by atoms with Crippen LogP contribution in [-0.2, 0) is 4.79 Å². The Labute approximate surface area is 146 Å². The van der Waals surface area contributed by atoms with E-state index in [9.17, 15) is 4.79 Å². The molecule has 1 amide bonds. The first-order chi connectivity index (χ1) is 11.7. The molecule has 0 radical (unpaired) electrons. The maximum absolute atomic E-state index is 12.5. The van der Waals surface area contributed by atoms with E-state index in [0.29, 0.717) is 5.92 Å². The first-order valence-electron chi connectivity index (χ1n) is 9.56. The molecule has 4 heteroatoms. The number of carbonyl (C=O) groups excluding carboxylic acids is 1. The van der Waals surface area contributed by atoms with Gasteiger partial charge in [-0.15, -0.1) is 0 Å². The van der Waals surface area contributed by atoms with E-state index >= 15 is 0 Å². The fraction of sp³-hybridized carbons (Fsp3) is 0.650. The van der Waals surface area contributed by atoms with Crippen LogP contribution >= 0.6 is 0 Å². The smallest absolute Gasteiger partial charge is 0.237 e. The molecule has 24 heavy (non-hydrogen) atoms. The summed E-state index contributed by atoms with van der Waals surface area (Å²) >= 11 is 0. The molecule has 2 fully saturated rings. The van der Waals surface area contributed by atoms with Crippen LogP contribution in [0, 0.1) is 5.92 Å². The molecule has 1 saturated carbocycles. The fourth-order valence-electron chi connectivity index (χ4n) is 3.96. The number of amides is 1. The molecule has 0 aromatic heterocycles. The molecular formula is C20H31N3O. The molecule has 1 N–H and O–H groups in total. The number of rotatable bonds is 5. The molecule has 4 nitrogen and oxygen atoms in total. The predicted molar refractivity (Wildman–Crippen MR) is 99.3 cm³/mol. The number of benzene rings is 1. The lowest BCUT2D eigenvalue weighted by Gasteiger charge is -2.38. The zero-order chi connectivity index (χ0) is 16.8. The van der Waals surface area contributed by atoms with Crippen LogP contribution in [0.3, 0.4) is 0 Å². The van der Waals surface area contributed by atoms with Gasteiger partial charge in [0.15, 0.2) is 0 Å². The summed E-state index contributed by atoms with van der Waals surface area (Å²) in [6, 6.07) is 10.5. The first-order valence-corrected chi connectivity index (χ1v) is 9.56. The highest BCUT2D eigenvalue weighted by Crippen LogP contribution is 2.23. The highest BCUT2D eigenvalue weighted by molar-refractivity contribution is 5.81. The Balaban J connectivity index is 1.42. The standard InChI is InChI=1S/C20H31N3O/c1-17(20(24)21-16-18-8-4-2-5-9-18)22-12-14-23(15-13-22)19-10-6-3-7-11-19/h3,6-7,10-11,17-18H,2,4-5,8-9,12-16H2,1H3,(H,21,24). The van der Waals surface area contributed by atoms with Gasteiger partial charge in [0.05, 0.1) is 6.04 Å². The maximum Gasteiger partial charge on any atom is 0.237 e. The number of hydrogen-bond acceptors (Lipinski definition) is 3. The predicted octanol–water partition coefficient (Wildman–Crippen LogP) is 2.89. The van der Waals surface area contributed by atoms with E-state index in [1.54, 1.807) is 0 Å². The zero-order valence-electron chi connectivity index (χ0n) is 14.9. The minimum Gasteiger partial charge on any atom is -0.369 e. The van der Waals surface area contributed by atoms with Crippen molar-refractivity contribution in [1.29, 1.82) is 0 Å². The van der Waals surface area contributed by atoms with Gasteiger partial charge in [-0.3, -0.25) is 9.69 Å². The number of carbonyl (C=O) groups is 1. The third-order valence-corrected chi connectivity index (χ3v) is 5.65. The molecule has 132 valence electrons. The van der Waals surface area contributed by atoms with Crippen LogP contribution in [0.25, 0.3) is 0 Å². The number of nitrogens with zero attached hydrogens (tertiary/aromatic N) is 2. The largest absolute Gasteiger partial charge is 0.369 e. The molecule has 1 aromatic carbocycles. The average molecular weight is 329 g/mol. The van der Waals surface area contributed by atoms with Crippen LogP contribution in [0.1, 0.15) is 39.0 Å². The molecule has 1 heterocycles. The van der Waals surface area contributed by atoms with Gasteiger partial charge >= 0.3 is 0 Å². The van der Waals surface area contributed by atoms with Gasteiger partial charge in [-0.25, -0.2) is 0 Å². The Bertz CT molecular complexity index is 505. The van der Waals surface area contributed by atoms with Gasteiger partial charge in [0.25, 0.3) is 0 Å². The topological polar surface area (TPSA) is 35.6 Å². The molecule has 0 bridgehead atoms. The molecule has 1 aromatic rings. The Hall–Kier alpha value is -1.55. The molecule has 1 saturated heterocycles. The summed E-state index contributed by atoms with van der Waals surface area (Å²) in [6.07, 6.45) is 6.59. The number of nitrogens with one attached hydrogen (secondary N) is 1. The van der Waals surface area contributed by atoms with Gasteiger partial charge in [-0.1, -0.05) is 37.5 Å². The molecule has 3 rings (SSSR count). The maximum atomic E-state index is 12.5. The Morgan fingerprint density at radius 3 is 2.42 bits per heavy atom. The van der Waals surface area contributed by atoms with Crippen LogP contribution in [0.4, 0.5) is 5.69 Å². The van der Waals surface area contributed by atoms with E-state index in [4.69, 9.17) is 0 Å². The SMILES string of the molecule is CC(C(=O)NCC1CCCCC1)N1CCN(c2ccccc2)CC1. The van der Waals surface area contributed by atoms with Crippen LogP contribution in [-0.4, -0.2) is 49.6 Å². The lowest BCUT2D eigenvalue weighted by Crippen LogP contribution is -2.54. The second kappa shape index (κ2) is 8.52. The van der Waals surface area contributed by atoms with Gasteiger partial charge in [0.1, 0.15) is 0 Å². The number of hydrogen-bond donors (Lipinski definition) is 1. The second-order valence-electron chi connectivity index (χ2n) is 7.28. The molecule has 0 spiro atoms. The summed E-state index contributed by atoms with van der Waals surface area (Å²) < 4.78 is 0. The Morgan fingerprint density at radius 1 is 1.08 bits per heavy atom. The second-order valence-corrected chi connectivity index (χ2v) is 7.28. The summed E-state index contributed by atoms with van der Waals surface area (Å²) in [5, 5.41) is 3.20. The van der Waals surface area contributed by atoms with Crippen molar-refractivity contribution in [2.45, 2.75) is 45.1 Å². The van der Waals surface area contributed by atoms with Crippen molar-refractivity contribution in [3.05, 3.63) is 30.3 Å². The molecule has 1 aliphatic heterocycles. The summed E-state index contributed by atoms with van der Waals surface area (Å²) in [7, 11) is 0. The monoisotopic (exact) mass is 329 g/mol.